The van der Waals surface area contributed by atoms with Crippen LogP contribution in [0.5, 0.6) is 11.5 Å². The van der Waals surface area contributed by atoms with Gasteiger partial charge in [0, 0.05) is 18.9 Å². The van der Waals surface area contributed by atoms with Gasteiger partial charge in [0.25, 0.3) is 0 Å². The topological polar surface area (TPSA) is 73.6 Å². The molecule has 1 aliphatic rings. The van der Waals surface area contributed by atoms with Crippen LogP contribution >= 0.6 is 0 Å². The number of unbranched alkanes of at least 4 members (excludes halogenated alkanes) is 11. The predicted molar refractivity (Wildman–Crippen MR) is 146 cm³/mol. The maximum Gasteiger partial charge on any atom is 0.220 e. The van der Waals surface area contributed by atoms with E-state index in [1.54, 1.807) is 7.11 Å². The second kappa shape index (κ2) is 18.3. The van der Waals surface area contributed by atoms with E-state index < -0.39 is 0 Å². The molecule has 1 fully saturated rings. The lowest BCUT2D eigenvalue weighted by molar-refractivity contribution is -0.121. The predicted octanol–water partition coefficient (Wildman–Crippen LogP) is 7.42. The van der Waals surface area contributed by atoms with E-state index in [-0.39, 0.29) is 12.1 Å². The molecule has 5 heteroatoms. The fourth-order valence-electron chi connectivity index (χ4n) is 4.23. The lowest BCUT2D eigenvalue weighted by Crippen LogP contribution is -2.29. The summed E-state index contributed by atoms with van der Waals surface area (Å²) in [6, 6.07) is 5.75. The van der Waals surface area contributed by atoms with Crippen LogP contribution in [-0.4, -0.2) is 19.2 Å². The average molecular weight is 487 g/mol. The largest absolute Gasteiger partial charge is 0.493 e. The van der Waals surface area contributed by atoms with Gasteiger partial charge in [0.1, 0.15) is 0 Å². The Hall–Kier alpha value is -2.01. The number of carbonyl (C=O) groups is 1. The van der Waals surface area contributed by atoms with Gasteiger partial charge in [0.15, 0.2) is 17.7 Å². The maximum atomic E-state index is 12.2. The number of benzene rings is 1. The summed E-state index contributed by atoms with van der Waals surface area (Å²) >= 11 is 0. The van der Waals surface area contributed by atoms with Gasteiger partial charge in [-0.05, 0) is 62.6 Å². The van der Waals surface area contributed by atoms with Crippen molar-refractivity contribution in [1.29, 1.82) is 0 Å². The number of allylic oxidation sites excluding steroid dienone is 2. The molecule has 0 heterocycles. The van der Waals surface area contributed by atoms with Crippen molar-refractivity contribution in [3.05, 3.63) is 35.9 Å². The van der Waals surface area contributed by atoms with E-state index in [2.05, 4.69) is 24.4 Å². The summed E-state index contributed by atoms with van der Waals surface area (Å²) in [4.78, 5) is 12.2. The van der Waals surface area contributed by atoms with Gasteiger partial charge in [-0.2, -0.15) is 0 Å². The smallest absolute Gasteiger partial charge is 0.220 e. The Labute approximate surface area is 214 Å². The van der Waals surface area contributed by atoms with Crippen molar-refractivity contribution in [3.63, 3.8) is 0 Å². The standard InChI is InChI=1S/C30H50N2O3/c1-3-4-5-6-7-8-9-10-11-12-13-14-15-16-17-18-29(33)32-24-25-19-22-27(28(23-25)34-2)35-30(31)26-20-21-26/h10-11,19,22-23,26,30H,3-9,12-18,20-21,24,31H2,1-2H3,(H,32,33). The molecule has 1 aromatic carbocycles. The molecule has 1 amide bonds. The minimum Gasteiger partial charge on any atom is -0.493 e. The third kappa shape index (κ3) is 13.6. The van der Waals surface area contributed by atoms with Crippen molar-refractivity contribution in [3.8, 4) is 11.5 Å². The highest BCUT2D eigenvalue weighted by atomic mass is 16.5. The van der Waals surface area contributed by atoms with Gasteiger partial charge in [-0.15, -0.1) is 0 Å². The summed E-state index contributed by atoms with van der Waals surface area (Å²) in [5.74, 6) is 1.88. The molecule has 1 saturated carbocycles. The first-order valence-corrected chi connectivity index (χ1v) is 14.1. The zero-order valence-corrected chi connectivity index (χ0v) is 22.4. The van der Waals surface area contributed by atoms with Crippen molar-refractivity contribution >= 4 is 5.91 Å². The Balaban J connectivity index is 1.46. The molecular weight excluding hydrogens is 436 g/mol. The van der Waals surface area contributed by atoms with Crippen molar-refractivity contribution in [1.82, 2.24) is 5.32 Å². The van der Waals surface area contributed by atoms with Gasteiger partial charge in [-0.25, -0.2) is 0 Å². The Morgan fingerprint density at radius 2 is 1.60 bits per heavy atom. The van der Waals surface area contributed by atoms with Crippen LogP contribution in [0.4, 0.5) is 0 Å². The highest BCUT2D eigenvalue weighted by Crippen LogP contribution is 2.35. The first kappa shape index (κ1) is 29.2. The average Bonchev–Trinajstić information content (AvgIpc) is 3.71. The highest BCUT2D eigenvalue weighted by Gasteiger charge is 2.30. The monoisotopic (exact) mass is 486 g/mol. The van der Waals surface area contributed by atoms with Crippen LogP contribution in [0.2, 0.25) is 0 Å². The molecule has 3 N–H and O–H groups in total. The van der Waals surface area contributed by atoms with E-state index in [0.29, 0.717) is 30.4 Å². The second-order valence-corrected chi connectivity index (χ2v) is 10.0. The van der Waals surface area contributed by atoms with Crippen molar-refractivity contribution < 1.29 is 14.3 Å². The van der Waals surface area contributed by atoms with Crippen LogP contribution in [0.25, 0.3) is 0 Å². The van der Waals surface area contributed by atoms with Crippen LogP contribution in [0.1, 0.15) is 115 Å². The van der Waals surface area contributed by atoms with Gasteiger partial charge in [-0.3, -0.25) is 10.5 Å². The molecule has 198 valence electrons. The number of hydrogen-bond donors (Lipinski definition) is 2. The fourth-order valence-corrected chi connectivity index (χ4v) is 4.23. The second-order valence-electron chi connectivity index (χ2n) is 10.0. The summed E-state index contributed by atoms with van der Waals surface area (Å²) in [6.45, 7) is 2.76. The third-order valence-corrected chi connectivity index (χ3v) is 6.73. The molecule has 35 heavy (non-hydrogen) atoms. The number of hydrogen-bond acceptors (Lipinski definition) is 4. The van der Waals surface area contributed by atoms with Gasteiger partial charge < -0.3 is 14.8 Å². The molecule has 1 aliphatic carbocycles. The minimum absolute atomic E-state index is 0.109. The molecule has 0 aliphatic heterocycles. The Morgan fingerprint density at radius 3 is 2.23 bits per heavy atom. The van der Waals surface area contributed by atoms with Crippen molar-refractivity contribution in [2.75, 3.05) is 7.11 Å². The minimum atomic E-state index is -0.277. The van der Waals surface area contributed by atoms with Crippen LogP contribution in [-0.2, 0) is 11.3 Å². The molecular formula is C30H50N2O3. The first-order chi connectivity index (χ1) is 17.1. The van der Waals surface area contributed by atoms with Gasteiger partial charge in [-0.1, -0.05) is 76.5 Å². The summed E-state index contributed by atoms with van der Waals surface area (Å²) in [5.41, 5.74) is 7.06. The maximum absolute atomic E-state index is 12.2. The summed E-state index contributed by atoms with van der Waals surface area (Å²) in [5, 5.41) is 3.02. The quantitative estimate of drug-likeness (QED) is 0.108. The van der Waals surface area contributed by atoms with Gasteiger partial charge in [0.2, 0.25) is 5.91 Å². The fraction of sp³-hybridized carbons (Fsp3) is 0.700. The number of rotatable bonds is 21. The molecule has 0 bridgehead atoms. The number of amides is 1. The van der Waals surface area contributed by atoms with Crippen molar-refractivity contribution in [2.45, 2.75) is 122 Å². The van der Waals surface area contributed by atoms with Crippen LogP contribution in [0, 0.1) is 5.92 Å². The number of methoxy groups -OCH3 is 1. The number of carbonyl (C=O) groups excluding carboxylic acids is 1. The zero-order chi connectivity index (χ0) is 25.1. The Morgan fingerprint density at radius 1 is 0.971 bits per heavy atom. The molecule has 1 atom stereocenters. The van der Waals surface area contributed by atoms with Gasteiger partial charge >= 0.3 is 0 Å². The highest BCUT2D eigenvalue weighted by molar-refractivity contribution is 5.75. The summed E-state index contributed by atoms with van der Waals surface area (Å²) in [6.07, 6.45) is 23.7. The lowest BCUT2D eigenvalue weighted by Gasteiger charge is -2.17. The third-order valence-electron chi connectivity index (χ3n) is 6.73. The Kier molecular flexibility index (Phi) is 15.3. The molecule has 0 saturated heterocycles. The molecule has 1 aromatic rings. The summed E-state index contributed by atoms with van der Waals surface area (Å²) < 4.78 is 11.3. The summed E-state index contributed by atoms with van der Waals surface area (Å²) in [7, 11) is 1.62. The first-order valence-electron chi connectivity index (χ1n) is 14.1. The number of nitrogens with one attached hydrogen (secondary N) is 1. The molecule has 0 radical (unpaired) electrons. The normalized spacial score (nSPS) is 14.3. The molecule has 1 unspecified atom stereocenters. The molecule has 2 rings (SSSR count). The van der Waals surface area contributed by atoms with E-state index in [0.717, 1.165) is 31.2 Å². The van der Waals surface area contributed by atoms with Crippen LogP contribution in [0.15, 0.2) is 30.4 Å². The molecule has 5 nitrogen and oxygen atoms in total. The molecule has 0 spiro atoms. The van der Waals surface area contributed by atoms with E-state index in [1.165, 1.54) is 70.6 Å². The Bertz CT molecular complexity index is 730. The van der Waals surface area contributed by atoms with Crippen LogP contribution in [0.3, 0.4) is 0 Å². The lowest BCUT2D eigenvalue weighted by atomic mass is 10.1. The van der Waals surface area contributed by atoms with Crippen LogP contribution < -0.4 is 20.5 Å². The van der Waals surface area contributed by atoms with E-state index in [1.807, 2.05) is 18.2 Å². The number of nitrogens with two attached hydrogens (primary N) is 1. The van der Waals surface area contributed by atoms with Gasteiger partial charge in [0.05, 0.1) is 7.11 Å². The molecule has 0 aromatic heterocycles. The van der Waals surface area contributed by atoms with E-state index in [4.69, 9.17) is 15.2 Å². The zero-order valence-electron chi connectivity index (χ0n) is 22.4. The SMILES string of the molecule is CCCCCCCCC=CCCCCCCCC(=O)NCc1ccc(OC(N)C2CC2)c(OC)c1. The van der Waals surface area contributed by atoms with Crippen molar-refractivity contribution in [2.24, 2.45) is 11.7 Å². The van der Waals surface area contributed by atoms with E-state index in [9.17, 15) is 4.79 Å². The number of ether oxygens (including phenoxy) is 2. The van der Waals surface area contributed by atoms with E-state index >= 15 is 0 Å².